The van der Waals surface area contributed by atoms with Crippen LogP contribution in [0.25, 0.3) is 0 Å². The maximum absolute atomic E-state index is 11.1. The summed E-state index contributed by atoms with van der Waals surface area (Å²) >= 11 is 0. The Labute approximate surface area is 67.9 Å². The van der Waals surface area contributed by atoms with E-state index in [1.807, 2.05) is 5.25 Å². The molecular formula is C8H12O2S. The molecule has 0 aromatic carbocycles. The van der Waals surface area contributed by atoms with E-state index in [0.717, 1.165) is 32.1 Å². The van der Waals surface area contributed by atoms with Crippen molar-refractivity contribution in [2.24, 2.45) is 0 Å². The van der Waals surface area contributed by atoms with Crippen LogP contribution in [-0.4, -0.2) is 13.7 Å². The highest BCUT2D eigenvalue weighted by molar-refractivity contribution is 7.96. The molecule has 0 atom stereocenters. The first kappa shape index (κ1) is 8.61. The molecule has 0 heterocycles. The Morgan fingerprint density at radius 3 is 2.18 bits per heavy atom. The van der Waals surface area contributed by atoms with E-state index >= 15 is 0 Å². The first-order valence-corrected chi connectivity index (χ1v) is 5.42. The van der Waals surface area contributed by atoms with Crippen molar-refractivity contribution in [3.8, 4) is 11.7 Å². The van der Waals surface area contributed by atoms with Crippen LogP contribution in [0.5, 0.6) is 0 Å². The van der Waals surface area contributed by atoms with Crippen molar-refractivity contribution < 1.29 is 8.42 Å². The molecule has 3 heteroatoms. The standard InChI is InChI=1S/C8H12O2S/c1-2-11(9,10)8-6-4-3-5-7-8/h1,8H,3-7H2. The topological polar surface area (TPSA) is 34.1 Å². The highest BCUT2D eigenvalue weighted by Crippen LogP contribution is 2.23. The second-order valence-corrected chi connectivity index (χ2v) is 4.92. The van der Waals surface area contributed by atoms with Gasteiger partial charge in [-0.1, -0.05) is 19.3 Å². The van der Waals surface area contributed by atoms with E-state index in [4.69, 9.17) is 6.42 Å². The van der Waals surface area contributed by atoms with Gasteiger partial charge in [-0.3, -0.25) is 0 Å². The predicted octanol–water partition coefficient (Wildman–Crippen LogP) is 1.32. The molecule has 0 unspecified atom stereocenters. The Kier molecular flexibility index (Phi) is 2.56. The molecule has 0 amide bonds. The molecule has 1 fully saturated rings. The van der Waals surface area contributed by atoms with Gasteiger partial charge in [0.25, 0.3) is 0 Å². The monoisotopic (exact) mass is 172 g/mol. The normalized spacial score (nSPS) is 21.0. The van der Waals surface area contributed by atoms with Crippen molar-refractivity contribution in [2.75, 3.05) is 0 Å². The van der Waals surface area contributed by atoms with E-state index in [0.29, 0.717) is 0 Å². The Morgan fingerprint density at radius 1 is 1.18 bits per heavy atom. The number of rotatable bonds is 1. The number of hydrogen-bond acceptors (Lipinski definition) is 2. The molecule has 0 aromatic rings. The number of hydrogen-bond donors (Lipinski definition) is 0. The molecule has 11 heavy (non-hydrogen) atoms. The largest absolute Gasteiger partial charge is 0.219 e. The first-order chi connectivity index (χ1) is 5.17. The lowest BCUT2D eigenvalue weighted by Crippen LogP contribution is -2.21. The fraction of sp³-hybridized carbons (Fsp3) is 0.750. The lowest BCUT2D eigenvalue weighted by Gasteiger charge is -2.18. The average molecular weight is 172 g/mol. The van der Waals surface area contributed by atoms with Gasteiger partial charge in [0.2, 0.25) is 9.84 Å². The SMILES string of the molecule is C#CS(=O)(=O)C1CCCCC1. The molecule has 2 nitrogen and oxygen atoms in total. The zero-order valence-electron chi connectivity index (χ0n) is 6.41. The molecule has 62 valence electrons. The average Bonchev–Trinajstić information content (AvgIpc) is 2.06. The Hall–Kier alpha value is -0.490. The maximum Gasteiger partial charge on any atom is 0.219 e. The minimum atomic E-state index is -3.19. The summed E-state index contributed by atoms with van der Waals surface area (Å²) in [5.74, 6) is 0. The predicted molar refractivity (Wildman–Crippen MR) is 44.6 cm³/mol. The molecule has 1 aliphatic rings. The van der Waals surface area contributed by atoms with Gasteiger partial charge in [0.1, 0.15) is 0 Å². The van der Waals surface area contributed by atoms with E-state index in [1.165, 1.54) is 0 Å². The minimum Gasteiger partial charge on any atom is -0.215 e. The number of terminal acetylenes is 1. The van der Waals surface area contributed by atoms with E-state index in [9.17, 15) is 8.42 Å². The molecule has 0 aromatic heterocycles. The van der Waals surface area contributed by atoms with Crippen molar-refractivity contribution in [1.82, 2.24) is 0 Å². The van der Waals surface area contributed by atoms with E-state index < -0.39 is 9.84 Å². The molecule has 1 saturated carbocycles. The van der Waals surface area contributed by atoms with Gasteiger partial charge in [0.15, 0.2) is 0 Å². The molecular weight excluding hydrogens is 160 g/mol. The fourth-order valence-corrected chi connectivity index (χ4v) is 2.62. The first-order valence-electron chi connectivity index (χ1n) is 3.88. The van der Waals surface area contributed by atoms with Crippen LogP contribution in [0.3, 0.4) is 0 Å². The van der Waals surface area contributed by atoms with Crippen LogP contribution in [0.1, 0.15) is 32.1 Å². The van der Waals surface area contributed by atoms with Crippen molar-refractivity contribution in [3.63, 3.8) is 0 Å². The Morgan fingerprint density at radius 2 is 1.73 bits per heavy atom. The molecule has 1 rings (SSSR count). The maximum atomic E-state index is 11.1. The molecule has 0 aliphatic heterocycles. The van der Waals surface area contributed by atoms with Crippen LogP contribution in [0.15, 0.2) is 0 Å². The van der Waals surface area contributed by atoms with Crippen LogP contribution < -0.4 is 0 Å². The van der Waals surface area contributed by atoms with Crippen LogP contribution in [0.2, 0.25) is 0 Å². The van der Waals surface area contributed by atoms with Crippen molar-refractivity contribution >= 4 is 9.84 Å². The highest BCUT2D eigenvalue weighted by Gasteiger charge is 2.24. The Bertz CT molecular complexity index is 252. The van der Waals surface area contributed by atoms with Crippen LogP contribution >= 0.6 is 0 Å². The van der Waals surface area contributed by atoms with E-state index in [-0.39, 0.29) is 5.25 Å². The smallest absolute Gasteiger partial charge is 0.215 e. The summed E-state index contributed by atoms with van der Waals surface area (Å²) in [7, 11) is -3.19. The Balaban J connectivity index is 2.68. The molecule has 0 bridgehead atoms. The third kappa shape index (κ3) is 1.97. The second kappa shape index (κ2) is 3.27. The zero-order chi connectivity index (χ0) is 8.32. The molecule has 0 N–H and O–H groups in total. The van der Waals surface area contributed by atoms with E-state index in [1.54, 1.807) is 0 Å². The summed E-state index contributed by atoms with van der Waals surface area (Å²) in [6.45, 7) is 0. The fourth-order valence-electron chi connectivity index (χ4n) is 1.47. The third-order valence-electron chi connectivity index (χ3n) is 2.16. The summed E-state index contributed by atoms with van der Waals surface area (Å²) in [6, 6.07) is 0. The van der Waals surface area contributed by atoms with Gasteiger partial charge < -0.3 is 0 Å². The lowest BCUT2D eigenvalue weighted by atomic mass is 10.0. The minimum absolute atomic E-state index is 0.249. The van der Waals surface area contributed by atoms with Crippen molar-refractivity contribution in [1.29, 1.82) is 0 Å². The quantitative estimate of drug-likeness (QED) is 0.441. The van der Waals surface area contributed by atoms with Crippen LogP contribution in [-0.2, 0) is 9.84 Å². The third-order valence-corrected chi connectivity index (χ3v) is 3.83. The van der Waals surface area contributed by atoms with Crippen LogP contribution in [0, 0.1) is 11.7 Å². The summed E-state index contributed by atoms with van der Waals surface area (Å²) in [5.41, 5.74) is 0. The van der Waals surface area contributed by atoms with Gasteiger partial charge in [-0.15, -0.1) is 6.42 Å². The van der Waals surface area contributed by atoms with Crippen molar-refractivity contribution in [3.05, 3.63) is 0 Å². The highest BCUT2D eigenvalue weighted by atomic mass is 32.2. The second-order valence-electron chi connectivity index (χ2n) is 2.92. The summed E-state index contributed by atoms with van der Waals surface area (Å²) in [6.07, 6.45) is 9.57. The summed E-state index contributed by atoms with van der Waals surface area (Å²) in [5, 5.41) is 1.63. The van der Waals surface area contributed by atoms with Gasteiger partial charge in [-0.2, -0.15) is 0 Å². The molecule has 0 radical (unpaired) electrons. The van der Waals surface area contributed by atoms with Gasteiger partial charge >= 0.3 is 0 Å². The molecule has 1 aliphatic carbocycles. The van der Waals surface area contributed by atoms with Gasteiger partial charge in [-0.25, -0.2) is 8.42 Å². The molecule has 0 spiro atoms. The van der Waals surface area contributed by atoms with Crippen LogP contribution in [0.4, 0.5) is 0 Å². The molecule has 0 saturated heterocycles. The zero-order valence-corrected chi connectivity index (χ0v) is 7.23. The van der Waals surface area contributed by atoms with Crippen molar-refractivity contribution in [2.45, 2.75) is 37.4 Å². The summed E-state index contributed by atoms with van der Waals surface area (Å²) < 4.78 is 22.2. The van der Waals surface area contributed by atoms with Gasteiger partial charge in [0.05, 0.1) is 5.25 Å². The van der Waals surface area contributed by atoms with E-state index in [2.05, 4.69) is 0 Å². The van der Waals surface area contributed by atoms with Gasteiger partial charge in [-0.05, 0) is 12.8 Å². The summed E-state index contributed by atoms with van der Waals surface area (Å²) in [4.78, 5) is 0. The van der Waals surface area contributed by atoms with Gasteiger partial charge in [0, 0.05) is 5.25 Å². The number of sulfone groups is 1. The lowest BCUT2D eigenvalue weighted by molar-refractivity contribution is 0.488.